The van der Waals surface area contributed by atoms with Crippen LogP contribution < -0.4 is 10.4 Å². The van der Waals surface area contributed by atoms with Gasteiger partial charge in [-0.05, 0) is 83.9 Å². The summed E-state index contributed by atoms with van der Waals surface area (Å²) in [6.07, 6.45) is 6.51. The molecule has 2 nitrogen and oxygen atoms in total. The van der Waals surface area contributed by atoms with Crippen molar-refractivity contribution in [2.75, 3.05) is 5.01 Å². The van der Waals surface area contributed by atoms with E-state index < -0.39 is 0 Å². The Morgan fingerprint density at radius 1 is 0.488 bits per heavy atom. The maximum atomic E-state index is 3.59. The minimum absolute atomic E-state index is 0.0452. The van der Waals surface area contributed by atoms with Gasteiger partial charge in [0.15, 0.2) is 0 Å². The summed E-state index contributed by atoms with van der Waals surface area (Å²) in [6, 6.07) is 47.4. The van der Waals surface area contributed by atoms with Crippen molar-refractivity contribution in [3.8, 4) is 23.7 Å². The van der Waals surface area contributed by atoms with E-state index in [1.165, 1.54) is 5.56 Å². The number of hydrogen-bond donors (Lipinski definition) is 1. The lowest BCUT2D eigenvalue weighted by atomic mass is 10.0. The van der Waals surface area contributed by atoms with Gasteiger partial charge in [0.05, 0.1) is 17.4 Å². The molecule has 6 rings (SSSR count). The molecule has 1 aliphatic heterocycles. The fourth-order valence-electron chi connectivity index (χ4n) is 4.60. The van der Waals surface area contributed by atoms with Crippen molar-refractivity contribution >= 4 is 11.8 Å². The molecular weight excluding hydrogens is 496 g/mol. The van der Waals surface area contributed by atoms with Crippen molar-refractivity contribution in [2.24, 2.45) is 0 Å². The second-order valence-electron chi connectivity index (χ2n) is 9.69. The maximum absolute atomic E-state index is 3.59. The molecular formula is C39H28N2. The van der Waals surface area contributed by atoms with E-state index in [-0.39, 0.29) is 6.04 Å². The smallest absolute Gasteiger partial charge is 0.0958 e. The highest BCUT2D eigenvalue weighted by atomic mass is 15.5. The summed E-state index contributed by atoms with van der Waals surface area (Å²) >= 11 is 0. The van der Waals surface area contributed by atoms with Crippen LogP contribution in [-0.4, -0.2) is 0 Å². The van der Waals surface area contributed by atoms with Crippen LogP contribution in [0.15, 0.2) is 157 Å². The van der Waals surface area contributed by atoms with Gasteiger partial charge in [0.1, 0.15) is 0 Å². The van der Waals surface area contributed by atoms with Crippen LogP contribution in [0.2, 0.25) is 0 Å². The summed E-state index contributed by atoms with van der Waals surface area (Å²) in [4.78, 5) is 0. The topological polar surface area (TPSA) is 15.3 Å². The predicted molar refractivity (Wildman–Crippen MR) is 170 cm³/mol. The van der Waals surface area contributed by atoms with Gasteiger partial charge in [-0.2, -0.15) is 0 Å². The molecule has 194 valence electrons. The molecule has 0 bridgehead atoms. The minimum atomic E-state index is 0.0452. The van der Waals surface area contributed by atoms with Gasteiger partial charge in [-0.3, -0.25) is 10.4 Å². The monoisotopic (exact) mass is 524 g/mol. The van der Waals surface area contributed by atoms with Crippen molar-refractivity contribution in [1.82, 2.24) is 5.43 Å². The number of hydrazine groups is 1. The van der Waals surface area contributed by atoms with Gasteiger partial charge in [-0.25, -0.2) is 0 Å². The van der Waals surface area contributed by atoms with Crippen LogP contribution in [0.3, 0.4) is 0 Å². The van der Waals surface area contributed by atoms with Gasteiger partial charge in [0, 0.05) is 22.3 Å². The van der Waals surface area contributed by atoms with Crippen LogP contribution in [0.5, 0.6) is 0 Å². The minimum Gasteiger partial charge on any atom is -0.298 e. The van der Waals surface area contributed by atoms with Gasteiger partial charge in [0.2, 0.25) is 0 Å². The average Bonchev–Trinajstić information content (AvgIpc) is 3.48. The standard InChI is InChI=1S/C39H28N2/c1-4-10-31(11-5-1)16-18-33-20-22-34(23-21-33)26-29-37-30-39(41(40-37)38-14-8-3-9-15-38)36-27-24-35(25-28-36)19-17-32-12-6-2-7-13-32/h1-15,20-30,39-40H. The van der Waals surface area contributed by atoms with E-state index in [0.717, 1.165) is 39.2 Å². The fraction of sp³-hybridized carbons (Fsp3) is 0.0256. The van der Waals surface area contributed by atoms with Crippen LogP contribution in [0.4, 0.5) is 5.69 Å². The quantitative estimate of drug-likeness (QED) is 0.239. The molecule has 0 amide bonds. The zero-order valence-corrected chi connectivity index (χ0v) is 22.5. The van der Waals surface area contributed by atoms with E-state index in [4.69, 9.17) is 0 Å². The van der Waals surface area contributed by atoms with E-state index in [0.29, 0.717) is 0 Å². The van der Waals surface area contributed by atoms with Gasteiger partial charge < -0.3 is 0 Å². The third kappa shape index (κ3) is 6.66. The summed E-state index contributed by atoms with van der Waals surface area (Å²) < 4.78 is 0. The number of hydrogen-bond acceptors (Lipinski definition) is 2. The highest BCUT2D eigenvalue weighted by Gasteiger charge is 2.25. The van der Waals surface area contributed by atoms with Crippen molar-refractivity contribution in [3.63, 3.8) is 0 Å². The van der Waals surface area contributed by atoms with E-state index >= 15 is 0 Å². The summed E-state index contributed by atoms with van der Waals surface area (Å²) in [5.41, 5.74) is 12.1. The van der Waals surface area contributed by atoms with Gasteiger partial charge in [-0.15, -0.1) is 0 Å². The molecule has 0 spiro atoms. The number of rotatable bonds is 4. The molecule has 1 atom stereocenters. The molecule has 0 radical (unpaired) electrons. The SMILES string of the molecule is C(#Cc1ccc(C=CC2=CC(c3ccc(C#Cc4ccccc4)cc3)N(c3ccccc3)N2)cc1)c1ccccc1. The average molecular weight is 525 g/mol. The van der Waals surface area contributed by atoms with Gasteiger partial charge >= 0.3 is 0 Å². The Balaban J connectivity index is 1.20. The Morgan fingerprint density at radius 2 is 0.951 bits per heavy atom. The third-order valence-corrected chi connectivity index (χ3v) is 6.77. The number of nitrogens with one attached hydrogen (secondary N) is 1. The summed E-state index contributed by atoms with van der Waals surface area (Å²) in [6.45, 7) is 0. The number of allylic oxidation sites excluding steroid dienone is 1. The van der Waals surface area contributed by atoms with Crippen molar-refractivity contribution < 1.29 is 0 Å². The molecule has 41 heavy (non-hydrogen) atoms. The predicted octanol–water partition coefficient (Wildman–Crippen LogP) is 8.15. The molecule has 1 heterocycles. The second kappa shape index (κ2) is 12.4. The molecule has 1 aliphatic rings. The molecule has 0 fully saturated rings. The number of nitrogens with zero attached hydrogens (tertiary/aromatic N) is 1. The lowest BCUT2D eigenvalue weighted by molar-refractivity contribution is 0.709. The largest absolute Gasteiger partial charge is 0.298 e. The zero-order valence-electron chi connectivity index (χ0n) is 22.5. The summed E-state index contributed by atoms with van der Waals surface area (Å²) in [5.74, 6) is 13.0. The molecule has 1 N–H and O–H groups in total. The highest BCUT2D eigenvalue weighted by Crippen LogP contribution is 2.32. The van der Waals surface area contributed by atoms with E-state index in [9.17, 15) is 0 Å². The van der Waals surface area contributed by atoms with E-state index in [1.54, 1.807) is 0 Å². The Kier molecular flexibility index (Phi) is 7.76. The van der Waals surface area contributed by atoms with Crippen molar-refractivity contribution in [3.05, 3.63) is 191 Å². The number of para-hydroxylation sites is 1. The first-order chi connectivity index (χ1) is 20.3. The molecule has 2 heteroatoms. The molecule has 5 aromatic rings. The van der Waals surface area contributed by atoms with Crippen LogP contribution in [0, 0.1) is 23.7 Å². The Morgan fingerprint density at radius 3 is 1.49 bits per heavy atom. The first-order valence-corrected chi connectivity index (χ1v) is 13.7. The van der Waals surface area contributed by atoms with Crippen molar-refractivity contribution in [1.29, 1.82) is 0 Å². The summed E-state index contributed by atoms with van der Waals surface area (Å²) in [5, 5.41) is 2.20. The van der Waals surface area contributed by atoms with Crippen LogP contribution in [0.25, 0.3) is 6.08 Å². The van der Waals surface area contributed by atoms with Crippen molar-refractivity contribution in [2.45, 2.75) is 6.04 Å². The Bertz CT molecular complexity index is 1780. The van der Waals surface area contributed by atoms with E-state index in [2.05, 4.69) is 125 Å². The lowest BCUT2D eigenvalue weighted by Gasteiger charge is -2.27. The number of benzene rings is 5. The number of anilines is 1. The third-order valence-electron chi connectivity index (χ3n) is 6.77. The molecule has 0 saturated carbocycles. The molecule has 1 unspecified atom stereocenters. The zero-order chi connectivity index (χ0) is 27.7. The lowest BCUT2D eigenvalue weighted by Crippen LogP contribution is -2.33. The molecule has 0 aliphatic carbocycles. The van der Waals surface area contributed by atoms with Crippen LogP contribution in [-0.2, 0) is 0 Å². The Labute approximate surface area is 242 Å². The maximum Gasteiger partial charge on any atom is 0.0958 e. The van der Waals surface area contributed by atoms with Crippen LogP contribution in [0.1, 0.15) is 39.4 Å². The molecule has 5 aromatic carbocycles. The van der Waals surface area contributed by atoms with Gasteiger partial charge in [-0.1, -0.05) is 109 Å². The van der Waals surface area contributed by atoms with Gasteiger partial charge in [0.25, 0.3) is 0 Å². The van der Waals surface area contributed by atoms with Crippen LogP contribution >= 0.6 is 0 Å². The fourth-order valence-corrected chi connectivity index (χ4v) is 4.60. The first-order valence-electron chi connectivity index (χ1n) is 13.7. The highest BCUT2D eigenvalue weighted by molar-refractivity contribution is 5.59. The van der Waals surface area contributed by atoms with E-state index in [1.807, 2.05) is 66.7 Å². The normalized spacial score (nSPS) is 13.9. The molecule has 0 aromatic heterocycles. The Hall–Kier alpha value is -5.70. The first kappa shape index (κ1) is 25.6. The molecule has 0 saturated heterocycles. The second-order valence-corrected chi connectivity index (χ2v) is 9.69. The summed E-state index contributed by atoms with van der Waals surface area (Å²) in [7, 11) is 0.